The third kappa shape index (κ3) is 6.18. The monoisotopic (exact) mass is 484 g/mol. The van der Waals surface area contributed by atoms with Crippen LogP contribution in [0.15, 0.2) is 47.3 Å². The zero-order chi connectivity index (χ0) is 24.7. The Morgan fingerprint density at radius 3 is 2.32 bits per heavy atom. The number of H-pyrrole nitrogens is 1. The van der Waals surface area contributed by atoms with E-state index >= 15 is 0 Å². The molecule has 0 unspecified atom stereocenters. The number of ether oxygens (including phenoxy) is 3. The number of aromatic amines is 1. The summed E-state index contributed by atoms with van der Waals surface area (Å²) < 4.78 is 16.2. The van der Waals surface area contributed by atoms with E-state index in [-0.39, 0.29) is 5.56 Å². The van der Waals surface area contributed by atoms with Crippen LogP contribution in [-0.2, 0) is 6.54 Å². The van der Waals surface area contributed by atoms with Crippen molar-refractivity contribution in [3.05, 3.63) is 58.4 Å². The zero-order valence-corrected chi connectivity index (χ0v) is 21.1. The molecule has 3 rings (SSSR count). The molecule has 0 amide bonds. The maximum Gasteiger partial charge on any atom is 0.253 e. The molecule has 9 heteroatoms. The Morgan fingerprint density at radius 1 is 0.971 bits per heavy atom. The number of para-hydroxylation sites is 2. The van der Waals surface area contributed by atoms with Crippen LogP contribution in [-0.4, -0.2) is 68.4 Å². The van der Waals surface area contributed by atoms with E-state index in [0.29, 0.717) is 46.5 Å². The van der Waals surface area contributed by atoms with Crippen molar-refractivity contribution in [2.24, 2.45) is 0 Å². The van der Waals surface area contributed by atoms with Gasteiger partial charge >= 0.3 is 0 Å². The van der Waals surface area contributed by atoms with Gasteiger partial charge in [0.1, 0.15) is 5.75 Å². The van der Waals surface area contributed by atoms with E-state index in [2.05, 4.69) is 15.2 Å². The minimum atomic E-state index is -0.169. The first kappa shape index (κ1) is 25.3. The van der Waals surface area contributed by atoms with Crippen molar-refractivity contribution >= 4 is 33.9 Å². The molecule has 1 aromatic heterocycles. The van der Waals surface area contributed by atoms with Crippen LogP contribution >= 0.6 is 12.2 Å². The van der Waals surface area contributed by atoms with Crippen LogP contribution in [0.25, 0.3) is 10.9 Å². The molecule has 0 spiro atoms. The number of nitrogens with zero attached hydrogens (tertiary/aromatic N) is 2. The highest BCUT2D eigenvalue weighted by Crippen LogP contribution is 2.31. The average Bonchev–Trinajstić information content (AvgIpc) is 2.83. The van der Waals surface area contributed by atoms with Crippen molar-refractivity contribution in [1.29, 1.82) is 0 Å². The summed E-state index contributed by atoms with van der Waals surface area (Å²) in [5, 5.41) is 4.65. The standard InChI is InChI=1S/C25H32N4O4S/c1-28(2)11-8-12-29(25(34)27-19-9-6-7-10-21(19)31-3)16-18-13-17-14-22(32-4)23(33-5)15-20(17)26-24(18)30/h6-7,9-10,13-15H,8,11-12,16H2,1-5H3,(H,26,30)(H,27,34). The maximum atomic E-state index is 12.9. The van der Waals surface area contributed by atoms with E-state index in [4.69, 9.17) is 26.4 Å². The minimum Gasteiger partial charge on any atom is -0.495 e. The number of thiocarbonyl (C=S) groups is 1. The van der Waals surface area contributed by atoms with Crippen molar-refractivity contribution in [3.63, 3.8) is 0 Å². The van der Waals surface area contributed by atoms with Crippen molar-refractivity contribution in [2.75, 3.05) is 53.8 Å². The van der Waals surface area contributed by atoms with Crippen molar-refractivity contribution in [3.8, 4) is 17.2 Å². The summed E-state index contributed by atoms with van der Waals surface area (Å²) in [6.45, 7) is 1.94. The molecular weight excluding hydrogens is 452 g/mol. The van der Waals surface area contributed by atoms with Gasteiger partial charge in [-0.05, 0) is 63.5 Å². The van der Waals surface area contributed by atoms with Gasteiger partial charge in [0, 0.05) is 23.6 Å². The molecule has 2 N–H and O–H groups in total. The second-order valence-electron chi connectivity index (χ2n) is 8.13. The molecule has 3 aromatic rings. The summed E-state index contributed by atoms with van der Waals surface area (Å²) in [6.07, 6.45) is 0.886. The predicted molar refractivity (Wildman–Crippen MR) is 140 cm³/mol. The third-order valence-corrected chi connectivity index (χ3v) is 5.82. The highest BCUT2D eigenvalue weighted by Gasteiger charge is 2.16. The third-order valence-electron chi connectivity index (χ3n) is 5.46. The molecule has 0 bridgehead atoms. The summed E-state index contributed by atoms with van der Waals surface area (Å²) in [5.74, 6) is 1.86. The lowest BCUT2D eigenvalue weighted by Crippen LogP contribution is -2.37. The number of pyridine rings is 1. The summed E-state index contributed by atoms with van der Waals surface area (Å²) in [6, 6.07) is 13.1. The number of aromatic nitrogens is 1. The molecule has 0 radical (unpaired) electrons. The van der Waals surface area contributed by atoms with Crippen molar-refractivity contribution in [2.45, 2.75) is 13.0 Å². The Balaban J connectivity index is 1.90. The highest BCUT2D eigenvalue weighted by atomic mass is 32.1. The number of anilines is 1. The molecule has 0 aliphatic heterocycles. The van der Waals surface area contributed by atoms with Crippen LogP contribution in [0.2, 0.25) is 0 Å². The Kier molecular flexibility index (Phi) is 8.72. The summed E-state index contributed by atoms with van der Waals surface area (Å²) in [5.41, 5.74) is 1.89. The van der Waals surface area contributed by atoms with E-state index in [9.17, 15) is 4.79 Å². The highest BCUT2D eigenvalue weighted by molar-refractivity contribution is 7.80. The van der Waals surface area contributed by atoms with Crippen LogP contribution in [0.4, 0.5) is 5.69 Å². The summed E-state index contributed by atoms with van der Waals surface area (Å²) in [4.78, 5) is 20.0. The van der Waals surface area contributed by atoms with Gasteiger partial charge in [-0.3, -0.25) is 4.79 Å². The topological polar surface area (TPSA) is 79.1 Å². The van der Waals surface area contributed by atoms with Crippen LogP contribution in [0, 0.1) is 0 Å². The quantitative estimate of drug-likeness (QED) is 0.422. The zero-order valence-electron chi connectivity index (χ0n) is 20.3. The van der Waals surface area contributed by atoms with Crippen LogP contribution in [0.3, 0.4) is 0 Å². The Morgan fingerprint density at radius 2 is 1.65 bits per heavy atom. The van der Waals surface area contributed by atoms with Gasteiger partial charge < -0.3 is 34.3 Å². The number of methoxy groups -OCH3 is 3. The first-order valence-corrected chi connectivity index (χ1v) is 11.4. The molecular formula is C25H32N4O4S. The molecule has 0 aliphatic rings. The lowest BCUT2D eigenvalue weighted by molar-refractivity contribution is 0.345. The van der Waals surface area contributed by atoms with Crippen LogP contribution in [0.1, 0.15) is 12.0 Å². The molecule has 182 valence electrons. The number of hydrogen-bond acceptors (Lipinski definition) is 6. The van der Waals surface area contributed by atoms with Crippen LogP contribution < -0.4 is 25.1 Å². The second kappa shape index (κ2) is 11.7. The van der Waals surface area contributed by atoms with E-state index < -0.39 is 0 Å². The van der Waals surface area contributed by atoms with E-state index in [0.717, 1.165) is 24.0 Å². The average molecular weight is 485 g/mol. The predicted octanol–water partition coefficient (Wildman–Crippen LogP) is 3.70. The second-order valence-corrected chi connectivity index (χ2v) is 8.51. The maximum absolute atomic E-state index is 12.9. The number of fused-ring (bicyclic) bond motifs is 1. The van der Waals surface area contributed by atoms with Crippen molar-refractivity contribution < 1.29 is 14.2 Å². The molecule has 1 heterocycles. The van der Waals surface area contributed by atoms with Crippen molar-refractivity contribution in [1.82, 2.24) is 14.8 Å². The van der Waals surface area contributed by atoms with Gasteiger partial charge in [-0.15, -0.1) is 0 Å². The minimum absolute atomic E-state index is 0.169. The number of hydrogen-bond donors (Lipinski definition) is 2. The summed E-state index contributed by atoms with van der Waals surface area (Å²) in [7, 11) is 8.84. The number of nitrogens with one attached hydrogen (secondary N) is 2. The van der Waals surface area contributed by atoms with Gasteiger partial charge in [0.2, 0.25) is 0 Å². The fourth-order valence-electron chi connectivity index (χ4n) is 3.67. The first-order chi connectivity index (χ1) is 16.4. The van der Waals surface area contributed by atoms with Gasteiger partial charge in [-0.1, -0.05) is 12.1 Å². The Hall–Kier alpha value is -3.30. The molecule has 34 heavy (non-hydrogen) atoms. The normalized spacial score (nSPS) is 10.9. The lowest BCUT2D eigenvalue weighted by Gasteiger charge is -2.27. The summed E-state index contributed by atoms with van der Waals surface area (Å²) >= 11 is 5.75. The molecule has 0 aliphatic carbocycles. The molecule has 0 atom stereocenters. The number of benzene rings is 2. The fraction of sp³-hybridized carbons (Fsp3) is 0.360. The van der Waals surface area contributed by atoms with Gasteiger partial charge in [0.25, 0.3) is 5.56 Å². The van der Waals surface area contributed by atoms with E-state index in [1.54, 1.807) is 27.4 Å². The SMILES string of the molecule is COc1ccccc1NC(=S)N(CCCN(C)C)Cc1cc2cc(OC)c(OC)cc2[nH]c1=O. The molecule has 0 saturated carbocycles. The van der Waals surface area contributed by atoms with Crippen LogP contribution in [0.5, 0.6) is 17.2 Å². The molecule has 8 nitrogen and oxygen atoms in total. The molecule has 0 saturated heterocycles. The Labute approximate surface area is 205 Å². The van der Waals surface area contributed by atoms with Gasteiger partial charge in [0.15, 0.2) is 16.6 Å². The van der Waals surface area contributed by atoms with Gasteiger partial charge in [-0.2, -0.15) is 0 Å². The van der Waals surface area contributed by atoms with Gasteiger partial charge in [-0.25, -0.2) is 0 Å². The smallest absolute Gasteiger partial charge is 0.253 e. The Bertz CT molecular complexity index is 1200. The molecule has 0 fully saturated rings. The van der Waals surface area contributed by atoms with E-state index in [1.165, 1.54) is 0 Å². The largest absolute Gasteiger partial charge is 0.495 e. The first-order valence-electron chi connectivity index (χ1n) is 11.0. The number of rotatable bonds is 10. The van der Waals surface area contributed by atoms with E-state index in [1.807, 2.05) is 55.4 Å². The lowest BCUT2D eigenvalue weighted by atomic mass is 10.1. The fourth-order valence-corrected chi connectivity index (χ4v) is 3.94. The molecule has 2 aromatic carbocycles. The van der Waals surface area contributed by atoms with Gasteiger partial charge in [0.05, 0.1) is 39.1 Å².